The number of hydrogen-bond donors (Lipinski definition) is 2. The third-order valence-corrected chi connectivity index (χ3v) is 3.74. The Morgan fingerprint density at radius 1 is 1.35 bits per heavy atom. The first-order valence-corrected chi connectivity index (χ1v) is 7.41. The number of carbonyl (C=O) groups is 2. The monoisotopic (exact) mass is 286 g/mol. The van der Waals surface area contributed by atoms with Crippen LogP contribution in [0.25, 0.3) is 0 Å². The minimum atomic E-state index is -0.983. The summed E-state index contributed by atoms with van der Waals surface area (Å²) in [5.41, 5.74) is 0. The Bertz CT molecular complexity index is 316. The lowest BCUT2D eigenvalue weighted by Gasteiger charge is -2.25. The van der Waals surface area contributed by atoms with Crippen LogP contribution in [0.4, 0.5) is 4.79 Å². The van der Waals surface area contributed by atoms with Crippen LogP contribution in [-0.4, -0.2) is 54.4 Å². The average Bonchev–Trinajstić information content (AvgIpc) is 2.44. The standard InChI is InChI=1S/C14H26N2O4/c1-3-12(13(17)18)16(2)14(19)15-9-10-20-11-7-5-4-6-8-11/h11-12H,3-10H2,1-2H3,(H,15,19)(H,17,18). The van der Waals surface area contributed by atoms with Gasteiger partial charge in [-0.25, -0.2) is 9.59 Å². The second kappa shape index (κ2) is 8.79. The maximum Gasteiger partial charge on any atom is 0.326 e. The van der Waals surface area contributed by atoms with Crippen LogP contribution in [0.2, 0.25) is 0 Å². The topological polar surface area (TPSA) is 78.9 Å². The van der Waals surface area contributed by atoms with E-state index in [1.165, 1.54) is 31.2 Å². The lowest BCUT2D eigenvalue weighted by atomic mass is 9.98. The van der Waals surface area contributed by atoms with Crippen molar-refractivity contribution in [1.82, 2.24) is 10.2 Å². The number of aliphatic carboxylic acids is 1. The van der Waals surface area contributed by atoms with Crippen LogP contribution in [0.1, 0.15) is 45.4 Å². The van der Waals surface area contributed by atoms with E-state index in [4.69, 9.17) is 9.84 Å². The number of ether oxygens (including phenoxy) is 1. The van der Waals surface area contributed by atoms with Gasteiger partial charge in [-0.1, -0.05) is 26.2 Å². The lowest BCUT2D eigenvalue weighted by Crippen LogP contribution is -2.47. The van der Waals surface area contributed by atoms with Crippen LogP contribution in [0.5, 0.6) is 0 Å². The van der Waals surface area contributed by atoms with Crippen LogP contribution in [0.15, 0.2) is 0 Å². The molecule has 0 saturated heterocycles. The van der Waals surface area contributed by atoms with Gasteiger partial charge in [0.05, 0.1) is 12.7 Å². The smallest absolute Gasteiger partial charge is 0.326 e. The Kier molecular flexibility index (Phi) is 7.36. The number of hydrogen-bond acceptors (Lipinski definition) is 3. The molecule has 1 saturated carbocycles. The van der Waals surface area contributed by atoms with Gasteiger partial charge in [0, 0.05) is 13.6 Å². The van der Waals surface area contributed by atoms with Gasteiger partial charge in [0.15, 0.2) is 0 Å². The fraction of sp³-hybridized carbons (Fsp3) is 0.857. The van der Waals surface area contributed by atoms with Crippen molar-refractivity contribution in [3.8, 4) is 0 Å². The number of nitrogens with one attached hydrogen (secondary N) is 1. The molecule has 1 rings (SSSR count). The highest BCUT2D eigenvalue weighted by Gasteiger charge is 2.24. The summed E-state index contributed by atoms with van der Waals surface area (Å²) in [5.74, 6) is -0.983. The highest BCUT2D eigenvalue weighted by atomic mass is 16.5. The largest absolute Gasteiger partial charge is 0.480 e. The lowest BCUT2D eigenvalue weighted by molar-refractivity contribution is -0.141. The minimum Gasteiger partial charge on any atom is -0.480 e. The predicted molar refractivity (Wildman–Crippen MR) is 75.7 cm³/mol. The third-order valence-electron chi connectivity index (χ3n) is 3.74. The van der Waals surface area contributed by atoms with Crippen LogP contribution in [0, 0.1) is 0 Å². The van der Waals surface area contributed by atoms with E-state index < -0.39 is 12.0 Å². The molecule has 0 aromatic rings. The van der Waals surface area contributed by atoms with E-state index in [9.17, 15) is 9.59 Å². The van der Waals surface area contributed by atoms with E-state index in [0.717, 1.165) is 12.8 Å². The molecule has 1 aliphatic carbocycles. The molecule has 116 valence electrons. The fourth-order valence-corrected chi connectivity index (χ4v) is 2.50. The van der Waals surface area contributed by atoms with Crippen molar-refractivity contribution < 1.29 is 19.4 Å². The van der Waals surface area contributed by atoms with Gasteiger partial charge in [-0.15, -0.1) is 0 Å². The molecule has 2 N–H and O–H groups in total. The molecule has 0 aliphatic heterocycles. The molecule has 20 heavy (non-hydrogen) atoms. The number of likely N-dealkylation sites (N-methyl/N-ethyl adjacent to an activating group) is 1. The van der Waals surface area contributed by atoms with Crippen LogP contribution >= 0.6 is 0 Å². The second-order valence-corrected chi connectivity index (χ2v) is 5.24. The summed E-state index contributed by atoms with van der Waals surface area (Å²) < 4.78 is 5.70. The van der Waals surface area contributed by atoms with Crippen LogP contribution in [0.3, 0.4) is 0 Å². The van der Waals surface area contributed by atoms with Gasteiger partial charge in [0.25, 0.3) is 0 Å². The summed E-state index contributed by atoms with van der Waals surface area (Å²) >= 11 is 0. The summed E-state index contributed by atoms with van der Waals surface area (Å²) in [6.45, 7) is 2.64. The van der Waals surface area contributed by atoms with Crippen molar-refractivity contribution in [2.24, 2.45) is 0 Å². The molecule has 6 heteroatoms. The van der Waals surface area contributed by atoms with Gasteiger partial charge in [-0.3, -0.25) is 0 Å². The van der Waals surface area contributed by atoms with E-state index in [1.807, 2.05) is 0 Å². The molecule has 1 aliphatic rings. The molecule has 0 heterocycles. The summed E-state index contributed by atoms with van der Waals surface area (Å²) in [5, 5.41) is 11.7. The minimum absolute atomic E-state index is 0.320. The Balaban J connectivity index is 2.19. The Morgan fingerprint density at radius 3 is 2.55 bits per heavy atom. The van der Waals surface area contributed by atoms with E-state index in [-0.39, 0.29) is 6.03 Å². The SMILES string of the molecule is CCC(C(=O)O)N(C)C(=O)NCCOC1CCCCC1. The third kappa shape index (κ3) is 5.36. The van der Waals surface area contributed by atoms with Crippen LogP contribution in [-0.2, 0) is 9.53 Å². The van der Waals surface area contributed by atoms with Crippen molar-refractivity contribution in [3.05, 3.63) is 0 Å². The van der Waals surface area contributed by atoms with Gasteiger partial charge in [0.1, 0.15) is 6.04 Å². The van der Waals surface area contributed by atoms with Gasteiger partial charge in [-0.05, 0) is 19.3 Å². The molecule has 0 aromatic heterocycles. The van der Waals surface area contributed by atoms with Gasteiger partial charge in [0.2, 0.25) is 0 Å². The van der Waals surface area contributed by atoms with Crippen molar-refractivity contribution in [3.63, 3.8) is 0 Å². The Morgan fingerprint density at radius 2 is 2.00 bits per heavy atom. The number of urea groups is 1. The molecule has 0 spiro atoms. The molecule has 2 amide bonds. The second-order valence-electron chi connectivity index (χ2n) is 5.24. The first-order valence-electron chi connectivity index (χ1n) is 7.41. The molecule has 0 radical (unpaired) electrons. The number of carboxylic acids is 1. The van der Waals surface area contributed by atoms with Crippen molar-refractivity contribution in [2.45, 2.75) is 57.6 Å². The molecular formula is C14H26N2O4. The predicted octanol–water partition coefficient (Wildman–Crippen LogP) is 1.84. The summed E-state index contributed by atoms with van der Waals surface area (Å²) in [6, 6.07) is -1.15. The number of amides is 2. The number of carbonyl (C=O) groups excluding carboxylic acids is 1. The molecule has 0 aromatic carbocycles. The van der Waals surface area contributed by atoms with E-state index in [0.29, 0.717) is 25.7 Å². The molecular weight excluding hydrogens is 260 g/mol. The quantitative estimate of drug-likeness (QED) is 0.700. The fourth-order valence-electron chi connectivity index (χ4n) is 2.50. The normalized spacial score (nSPS) is 17.5. The highest BCUT2D eigenvalue weighted by molar-refractivity contribution is 5.82. The summed E-state index contributed by atoms with van der Waals surface area (Å²) in [6.07, 6.45) is 6.64. The average molecular weight is 286 g/mol. The van der Waals surface area contributed by atoms with Gasteiger partial charge < -0.3 is 20.1 Å². The van der Waals surface area contributed by atoms with Crippen LogP contribution < -0.4 is 5.32 Å². The van der Waals surface area contributed by atoms with E-state index in [2.05, 4.69) is 5.32 Å². The Hall–Kier alpha value is -1.30. The van der Waals surface area contributed by atoms with E-state index in [1.54, 1.807) is 6.92 Å². The zero-order valence-electron chi connectivity index (χ0n) is 12.4. The van der Waals surface area contributed by atoms with Gasteiger partial charge >= 0.3 is 12.0 Å². The van der Waals surface area contributed by atoms with Crippen molar-refractivity contribution in [1.29, 1.82) is 0 Å². The Labute approximate surface area is 120 Å². The van der Waals surface area contributed by atoms with Crippen molar-refractivity contribution >= 4 is 12.0 Å². The molecule has 0 bridgehead atoms. The van der Waals surface area contributed by atoms with E-state index >= 15 is 0 Å². The highest BCUT2D eigenvalue weighted by Crippen LogP contribution is 2.19. The molecule has 1 atom stereocenters. The number of rotatable bonds is 7. The van der Waals surface area contributed by atoms with Gasteiger partial charge in [-0.2, -0.15) is 0 Å². The zero-order chi connectivity index (χ0) is 15.0. The maximum absolute atomic E-state index is 11.8. The maximum atomic E-state index is 11.8. The summed E-state index contributed by atoms with van der Waals surface area (Å²) in [4.78, 5) is 24.0. The number of carboxylic acid groups (broad SMARTS) is 1. The number of nitrogens with zero attached hydrogens (tertiary/aromatic N) is 1. The van der Waals surface area contributed by atoms with Crippen molar-refractivity contribution in [2.75, 3.05) is 20.2 Å². The first-order chi connectivity index (χ1) is 9.56. The summed E-state index contributed by atoms with van der Waals surface area (Å²) in [7, 11) is 1.50. The molecule has 1 unspecified atom stereocenters. The molecule has 6 nitrogen and oxygen atoms in total. The zero-order valence-corrected chi connectivity index (χ0v) is 12.4. The first kappa shape index (κ1) is 16.8. The molecule has 1 fully saturated rings.